The summed E-state index contributed by atoms with van der Waals surface area (Å²) in [7, 11) is 0. The molecule has 1 fully saturated rings. The average molecular weight is 297 g/mol. The molecule has 1 aromatic carbocycles. The van der Waals surface area contributed by atoms with Crippen LogP contribution < -0.4 is 10.6 Å². The van der Waals surface area contributed by atoms with E-state index >= 15 is 0 Å². The Bertz CT molecular complexity index is 479. The molecule has 2 atom stereocenters. The fourth-order valence-corrected chi connectivity index (χ4v) is 2.59. The summed E-state index contributed by atoms with van der Waals surface area (Å²) in [6.45, 7) is 5.46. The molecule has 1 saturated heterocycles. The third-order valence-corrected chi connectivity index (χ3v) is 3.85. The Labute approximate surface area is 124 Å². The molecule has 2 N–H and O–H groups in total. The van der Waals surface area contributed by atoms with Gasteiger partial charge in [-0.25, -0.2) is 0 Å². The molecular formula is C15H21ClN2O2. The molecule has 0 aliphatic carbocycles. The van der Waals surface area contributed by atoms with Gasteiger partial charge in [0.05, 0.1) is 16.8 Å². The zero-order valence-corrected chi connectivity index (χ0v) is 12.7. The fraction of sp³-hybridized carbons (Fsp3) is 0.533. The molecule has 0 unspecified atom stereocenters. The van der Waals surface area contributed by atoms with Crippen LogP contribution in [0.25, 0.3) is 0 Å². The molecule has 0 saturated carbocycles. The molecular weight excluding hydrogens is 276 g/mol. The molecule has 5 heteroatoms. The van der Waals surface area contributed by atoms with Gasteiger partial charge in [0.25, 0.3) is 0 Å². The maximum Gasteiger partial charge on any atom is 0.225 e. The Kier molecular flexibility index (Phi) is 5.40. The van der Waals surface area contributed by atoms with Crippen molar-refractivity contribution in [2.75, 3.05) is 18.5 Å². The van der Waals surface area contributed by atoms with E-state index in [-0.39, 0.29) is 12.0 Å². The predicted octanol–water partition coefficient (Wildman–Crippen LogP) is 2.74. The molecule has 110 valence electrons. The molecule has 4 nitrogen and oxygen atoms in total. The molecule has 0 spiro atoms. The second kappa shape index (κ2) is 7.07. The number of nitrogens with one attached hydrogen (secondary N) is 2. The number of rotatable bonds is 5. The van der Waals surface area contributed by atoms with E-state index in [1.165, 1.54) is 0 Å². The first kappa shape index (κ1) is 15.3. The average Bonchev–Trinajstić information content (AvgIpc) is 2.79. The molecule has 0 aromatic heterocycles. The molecule has 1 aliphatic rings. The van der Waals surface area contributed by atoms with Crippen molar-refractivity contribution in [1.29, 1.82) is 0 Å². The fourth-order valence-electron chi connectivity index (χ4n) is 2.31. The first-order valence-electron chi connectivity index (χ1n) is 6.97. The molecule has 20 heavy (non-hydrogen) atoms. The summed E-state index contributed by atoms with van der Waals surface area (Å²) < 4.78 is 5.47. The summed E-state index contributed by atoms with van der Waals surface area (Å²) >= 11 is 6.08. The van der Waals surface area contributed by atoms with Crippen molar-refractivity contribution in [2.45, 2.75) is 38.8 Å². The summed E-state index contributed by atoms with van der Waals surface area (Å²) in [6, 6.07) is 5.95. The van der Waals surface area contributed by atoms with Crippen LogP contribution in [0.3, 0.4) is 0 Å². The van der Waals surface area contributed by atoms with Crippen LogP contribution in [-0.2, 0) is 9.53 Å². The Morgan fingerprint density at radius 1 is 1.50 bits per heavy atom. The lowest BCUT2D eigenvalue weighted by atomic mass is 10.1. The van der Waals surface area contributed by atoms with Crippen LogP contribution in [0.5, 0.6) is 0 Å². The lowest BCUT2D eigenvalue weighted by Crippen LogP contribution is -2.36. The van der Waals surface area contributed by atoms with E-state index in [1.807, 2.05) is 25.1 Å². The van der Waals surface area contributed by atoms with Gasteiger partial charge in [-0.3, -0.25) is 4.79 Å². The topological polar surface area (TPSA) is 50.4 Å². The first-order chi connectivity index (χ1) is 9.56. The van der Waals surface area contributed by atoms with E-state index in [9.17, 15) is 4.79 Å². The monoisotopic (exact) mass is 296 g/mol. The summed E-state index contributed by atoms with van der Waals surface area (Å²) in [6.07, 6.45) is 1.66. The minimum Gasteiger partial charge on any atom is -0.377 e. The van der Waals surface area contributed by atoms with Crippen molar-refractivity contribution in [3.05, 3.63) is 28.8 Å². The molecule has 1 amide bonds. The van der Waals surface area contributed by atoms with Crippen molar-refractivity contribution in [1.82, 2.24) is 5.32 Å². The Morgan fingerprint density at radius 3 is 2.95 bits per heavy atom. The van der Waals surface area contributed by atoms with Crippen LogP contribution in [0, 0.1) is 6.92 Å². The minimum absolute atomic E-state index is 0.0326. The molecule has 2 rings (SSSR count). The van der Waals surface area contributed by atoms with Gasteiger partial charge in [0.2, 0.25) is 5.91 Å². The van der Waals surface area contributed by atoms with Crippen LogP contribution in [-0.4, -0.2) is 31.2 Å². The van der Waals surface area contributed by atoms with E-state index in [0.29, 0.717) is 29.7 Å². The third kappa shape index (κ3) is 4.20. The van der Waals surface area contributed by atoms with Gasteiger partial charge in [-0.15, -0.1) is 0 Å². The number of carbonyl (C=O) groups excluding carboxylic acids is 1. The number of ether oxygens (including phenoxy) is 1. The normalized spacial score (nSPS) is 21.9. The van der Waals surface area contributed by atoms with Gasteiger partial charge in [0.1, 0.15) is 0 Å². The Morgan fingerprint density at radius 2 is 2.30 bits per heavy atom. The highest BCUT2D eigenvalue weighted by Gasteiger charge is 2.23. The molecule has 0 bridgehead atoms. The van der Waals surface area contributed by atoms with Crippen molar-refractivity contribution < 1.29 is 9.53 Å². The number of hydrogen-bond acceptors (Lipinski definition) is 3. The highest BCUT2D eigenvalue weighted by molar-refractivity contribution is 6.33. The van der Waals surface area contributed by atoms with Gasteiger partial charge in [0.15, 0.2) is 0 Å². The number of aryl methyl sites for hydroxylation is 1. The van der Waals surface area contributed by atoms with Crippen LogP contribution in [0.1, 0.15) is 25.3 Å². The standard InChI is InChI=1S/C15H21ClN2O2/c1-10-3-4-14(12(16)9-10)18-15(19)5-7-17-13-6-8-20-11(13)2/h3-4,9,11,13,17H,5-8H2,1-2H3,(H,18,19)/t11-,13-/m1/s1. The van der Waals surface area contributed by atoms with E-state index < -0.39 is 0 Å². The lowest BCUT2D eigenvalue weighted by molar-refractivity contribution is -0.116. The van der Waals surface area contributed by atoms with E-state index in [2.05, 4.69) is 17.6 Å². The summed E-state index contributed by atoms with van der Waals surface area (Å²) in [5.41, 5.74) is 1.74. The SMILES string of the molecule is Cc1ccc(NC(=O)CCN[C@@H]2CCO[C@@H]2C)c(Cl)c1. The Balaban J connectivity index is 1.75. The number of anilines is 1. The summed E-state index contributed by atoms with van der Waals surface area (Å²) in [5.74, 6) is -0.0326. The number of hydrogen-bond donors (Lipinski definition) is 2. The highest BCUT2D eigenvalue weighted by atomic mass is 35.5. The number of halogens is 1. The smallest absolute Gasteiger partial charge is 0.225 e. The molecule has 1 aromatic rings. The highest BCUT2D eigenvalue weighted by Crippen LogP contribution is 2.22. The summed E-state index contributed by atoms with van der Waals surface area (Å²) in [4.78, 5) is 11.9. The van der Waals surface area contributed by atoms with Gasteiger partial charge in [-0.1, -0.05) is 17.7 Å². The molecule has 1 aliphatic heterocycles. The van der Waals surface area contributed by atoms with Gasteiger partial charge in [0, 0.05) is 25.6 Å². The maximum absolute atomic E-state index is 11.9. The van der Waals surface area contributed by atoms with Crippen molar-refractivity contribution in [3.63, 3.8) is 0 Å². The predicted molar refractivity (Wildman–Crippen MR) is 81.3 cm³/mol. The zero-order valence-electron chi connectivity index (χ0n) is 11.9. The summed E-state index contributed by atoms with van der Waals surface area (Å²) in [5, 5.41) is 6.76. The van der Waals surface area contributed by atoms with Gasteiger partial charge >= 0.3 is 0 Å². The van der Waals surface area contributed by atoms with Crippen LogP contribution in [0.4, 0.5) is 5.69 Å². The van der Waals surface area contributed by atoms with E-state index in [4.69, 9.17) is 16.3 Å². The largest absolute Gasteiger partial charge is 0.377 e. The van der Waals surface area contributed by atoms with Crippen LogP contribution in [0.15, 0.2) is 18.2 Å². The molecule has 0 radical (unpaired) electrons. The number of carbonyl (C=O) groups is 1. The third-order valence-electron chi connectivity index (χ3n) is 3.53. The van der Waals surface area contributed by atoms with Crippen molar-refractivity contribution in [2.24, 2.45) is 0 Å². The van der Waals surface area contributed by atoms with Gasteiger partial charge in [-0.05, 0) is 38.0 Å². The second-order valence-corrected chi connectivity index (χ2v) is 5.61. The van der Waals surface area contributed by atoms with E-state index in [0.717, 1.165) is 18.6 Å². The quantitative estimate of drug-likeness (QED) is 0.878. The maximum atomic E-state index is 11.9. The van der Waals surface area contributed by atoms with Crippen LogP contribution in [0.2, 0.25) is 5.02 Å². The van der Waals surface area contributed by atoms with Crippen molar-refractivity contribution >= 4 is 23.2 Å². The van der Waals surface area contributed by atoms with Gasteiger partial charge < -0.3 is 15.4 Å². The van der Waals surface area contributed by atoms with Crippen molar-refractivity contribution in [3.8, 4) is 0 Å². The van der Waals surface area contributed by atoms with Crippen LogP contribution >= 0.6 is 11.6 Å². The van der Waals surface area contributed by atoms with Gasteiger partial charge in [-0.2, -0.15) is 0 Å². The first-order valence-corrected chi connectivity index (χ1v) is 7.35. The number of benzene rings is 1. The minimum atomic E-state index is -0.0326. The second-order valence-electron chi connectivity index (χ2n) is 5.21. The Hall–Kier alpha value is -1.10. The number of amides is 1. The molecule has 1 heterocycles. The van der Waals surface area contributed by atoms with E-state index in [1.54, 1.807) is 0 Å². The lowest BCUT2D eigenvalue weighted by Gasteiger charge is -2.15. The zero-order chi connectivity index (χ0) is 14.5.